The number of methoxy groups -OCH3 is 1. The summed E-state index contributed by atoms with van der Waals surface area (Å²) < 4.78 is 24.9. The van der Waals surface area contributed by atoms with Gasteiger partial charge >= 0.3 is 0 Å². The molecule has 3 rings (SSSR count). The highest BCUT2D eigenvalue weighted by Gasteiger charge is 2.22. The van der Waals surface area contributed by atoms with Crippen LogP contribution in [0, 0.1) is 23.1 Å². The summed E-state index contributed by atoms with van der Waals surface area (Å²) in [6, 6.07) is 20.0. The van der Waals surface area contributed by atoms with E-state index in [1.54, 1.807) is 36.4 Å². The molecule has 3 aromatic rings. The van der Waals surface area contributed by atoms with Crippen LogP contribution in [0.15, 0.2) is 71.8 Å². The number of amides is 2. The van der Waals surface area contributed by atoms with E-state index in [-0.39, 0.29) is 12.3 Å². The lowest BCUT2D eigenvalue weighted by Crippen LogP contribution is -2.34. The standard InChI is InChI=1S/C26H23FN4O4/c1-17(25(32)30-22-10-6-5-9-21(22)27)26(33)31-29-15-18-11-12-23(24(13-18)34-2)35-16-20-8-4-3-7-19(20)14-28/h3-13,15,17H,16H2,1-2H3,(H,30,32)(H,31,33). The maximum Gasteiger partial charge on any atom is 0.252 e. The highest BCUT2D eigenvalue weighted by Crippen LogP contribution is 2.28. The van der Waals surface area contributed by atoms with Crippen LogP contribution in [0.2, 0.25) is 0 Å². The number of nitriles is 1. The summed E-state index contributed by atoms with van der Waals surface area (Å²) in [5, 5.41) is 15.5. The second-order valence-corrected chi connectivity index (χ2v) is 7.39. The predicted molar refractivity (Wildman–Crippen MR) is 128 cm³/mol. The van der Waals surface area contributed by atoms with Gasteiger partial charge < -0.3 is 14.8 Å². The fourth-order valence-corrected chi connectivity index (χ4v) is 2.98. The van der Waals surface area contributed by atoms with E-state index in [1.807, 2.05) is 12.1 Å². The van der Waals surface area contributed by atoms with Crippen LogP contribution in [0.4, 0.5) is 10.1 Å². The van der Waals surface area contributed by atoms with E-state index in [1.165, 1.54) is 38.4 Å². The van der Waals surface area contributed by atoms with Gasteiger partial charge in [0.1, 0.15) is 18.3 Å². The molecule has 8 nitrogen and oxygen atoms in total. The summed E-state index contributed by atoms with van der Waals surface area (Å²) in [6.45, 7) is 1.58. The summed E-state index contributed by atoms with van der Waals surface area (Å²) in [4.78, 5) is 24.5. The van der Waals surface area contributed by atoms with Gasteiger partial charge in [0.25, 0.3) is 5.91 Å². The van der Waals surface area contributed by atoms with E-state index in [4.69, 9.17) is 9.47 Å². The maximum absolute atomic E-state index is 13.7. The molecule has 1 unspecified atom stereocenters. The summed E-state index contributed by atoms with van der Waals surface area (Å²) in [5.74, 6) is -2.11. The number of nitrogens with one attached hydrogen (secondary N) is 2. The molecule has 0 aliphatic carbocycles. The number of hydrogen-bond acceptors (Lipinski definition) is 6. The topological polar surface area (TPSA) is 113 Å². The van der Waals surface area contributed by atoms with Crippen LogP contribution >= 0.6 is 0 Å². The fourth-order valence-electron chi connectivity index (χ4n) is 2.98. The molecule has 9 heteroatoms. The van der Waals surface area contributed by atoms with Crippen LogP contribution in [-0.4, -0.2) is 25.1 Å². The quantitative estimate of drug-likeness (QED) is 0.276. The Morgan fingerprint density at radius 1 is 1.09 bits per heavy atom. The third-order valence-corrected chi connectivity index (χ3v) is 5.02. The SMILES string of the molecule is COc1cc(C=NNC(=O)C(C)C(=O)Nc2ccccc2F)ccc1OCc1ccccc1C#N. The Balaban J connectivity index is 1.58. The van der Waals surface area contributed by atoms with Crippen molar-refractivity contribution in [2.24, 2.45) is 11.0 Å². The number of rotatable bonds is 9. The van der Waals surface area contributed by atoms with Crippen molar-refractivity contribution < 1.29 is 23.5 Å². The van der Waals surface area contributed by atoms with Crippen molar-refractivity contribution >= 4 is 23.7 Å². The first kappa shape index (κ1) is 24.9. The van der Waals surface area contributed by atoms with Gasteiger partial charge in [0.2, 0.25) is 5.91 Å². The van der Waals surface area contributed by atoms with Gasteiger partial charge in [-0.3, -0.25) is 9.59 Å². The van der Waals surface area contributed by atoms with Gasteiger partial charge in [0.15, 0.2) is 11.5 Å². The first-order valence-electron chi connectivity index (χ1n) is 10.6. The van der Waals surface area contributed by atoms with Crippen molar-refractivity contribution in [3.63, 3.8) is 0 Å². The van der Waals surface area contributed by atoms with Gasteiger partial charge in [0, 0.05) is 5.56 Å². The Hall–Kier alpha value is -4.71. The van der Waals surface area contributed by atoms with Gasteiger partial charge in [-0.15, -0.1) is 0 Å². The van der Waals surface area contributed by atoms with Crippen molar-refractivity contribution in [2.45, 2.75) is 13.5 Å². The molecule has 0 saturated heterocycles. The number of anilines is 1. The lowest BCUT2D eigenvalue weighted by Gasteiger charge is -2.12. The van der Waals surface area contributed by atoms with Gasteiger partial charge in [-0.1, -0.05) is 30.3 Å². The molecule has 178 valence electrons. The fraction of sp³-hybridized carbons (Fsp3) is 0.154. The van der Waals surface area contributed by atoms with E-state index in [0.717, 1.165) is 5.56 Å². The lowest BCUT2D eigenvalue weighted by atomic mass is 10.1. The van der Waals surface area contributed by atoms with Crippen LogP contribution in [0.25, 0.3) is 0 Å². The highest BCUT2D eigenvalue weighted by atomic mass is 19.1. The molecule has 0 radical (unpaired) electrons. The van der Waals surface area contributed by atoms with Gasteiger partial charge in [-0.2, -0.15) is 10.4 Å². The third-order valence-electron chi connectivity index (χ3n) is 5.02. The van der Waals surface area contributed by atoms with Crippen LogP contribution in [0.1, 0.15) is 23.6 Å². The number of hydrogen-bond donors (Lipinski definition) is 2. The molecule has 1 atom stereocenters. The molecule has 0 spiro atoms. The summed E-state index contributed by atoms with van der Waals surface area (Å²) in [6.07, 6.45) is 1.39. The highest BCUT2D eigenvalue weighted by molar-refractivity contribution is 6.06. The molecule has 0 aliphatic heterocycles. The molecule has 2 N–H and O–H groups in total. The van der Waals surface area contributed by atoms with Crippen LogP contribution < -0.4 is 20.2 Å². The molecule has 0 saturated carbocycles. The van der Waals surface area contributed by atoms with Crippen molar-refractivity contribution in [3.8, 4) is 17.6 Å². The summed E-state index contributed by atoms with van der Waals surface area (Å²) >= 11 is 0. The first-order chi connectivity index (χ1) is 16.9. The molecule has 0 fully saturated rings. The number of benzene rings is 3. The Morgan fingerprint density at radius 2 is 1.83 bits per heavy atom. The maximum atomic E-state index is 13.7. The van der Waals surface area contributed by atoms with Crippen molar-refractivity contribution in [3.05, 3.63) is 89.2 Å². The number of carbonyl (C=O) groups excluding carboxylic acids is 2. The monoisotopic (exact) mass is 474 g/mol. The number of halogens is 1. The summed E-state index contributed by atoms with van der Waals surface area (Å²) in [7, 11) is 1.49. The largest absolute Gasteiger partial charge is 0.493 e. The third kappa shape index (κ3) is 6.65. The van der Waals surface area contributed by atoms with Crippen molar-refractivity contribution in [2.75, 3.05) is 12.4 Å². The minimum absolute atomic E-state index is 0.00818. The molecule has 0 aromatic heterocycles. The minimum atomic E-state index is -1.10. The van der Waals surface area contributed by atoms with E-state index in [2.05, 4.69) is 21.9 Å². The normalized spacial score (nSPS) is 11.4. The van der Waals surface area contributed by atoms with Crippen LogP contribution in [-0.2, 0) is 16.2 Å². The molecule has 3 aromatic carbocycles. The molecule has 0 aliphatic rings. The molecule has 35 heavy (non-hydrogen) atoms. The average Bonchev–Trinajstić information content (AvgIpc) is 2.88. The summed E-state index contributed by atoms with van der Waals surface area (Å²) in [5.41, 5.74) is 4.17. The zero-order chi connectivity index (χ0) is 25.2. The zero-order valence-electron chi connectivity index (χ0n) is 19.1. The van der Waals surface area contributed by atoms with E-state index in [0.29, 0.717) is 22.6 Å². The second-order valence-electron chi connectivity index (χ2n) is 7.39. The average molecular weight is 474 g/mol. The minimum Gasteiger partial charge on any atom is -0.493 e. The molecule has 0 heterocycles. The number of carbonyl (C=O) groups is 2. The lowest BCUT2D eigenvalue weighted by molar-refractivity contribution is -0.131. The van der Waals surface area contributed by atoms with Gasteiger partial charge in [-0.25, -0.2) is 9.82 Å². The zero-order valence-corrected chi connectivity index (χ0v) is 19.1. The van der Waals surface area contributed by atoms with Gasteiger partial charge in [-0.05, 0) is 48.9 Å². The Labute approximate surface area is 202 Å². The number of nitrogens with zero attached hydrogens (tertiary/aromatic N) is 2. The predicted octanol–water partition coefficient (Wildman–Crippen LogP) is 4.01. The number of hydrazone groups is 1. The Morgan fingerprint density at radius 3 is 2.57 bits per heavy atom. The molecular formula is C26H23FN4O4. The van der Waals surface area contributed by atoms with Crippen molar-refractivity contribution in [1.82, 2.24) is 5.43 Å². The van der Waals surface area contributed by atoms with E-state index in [9.17, 15) is 19.2 Å². The molecule has 2 amide bonds. The number of ether oxygens (including phenoxy) is 2. The number of para-hydroxylation sites is 1. The van der Waals surface area contributed by atoms with Crippen molar-refractivity contribution in [1.29, 1.82) is 5.26 Å². The second kappa shape index (κ2) is 12.0. The smallest absolute Gasteiger partial charge is 0.252 e. The van der Waals surface area contributed by atoms with Gasteiger partial charge in [0.05, 0.1) is 30.6 Å². The Bertz CT molecular complexity index is 1290. The first-order valence-corrected chi connectivity index (χ1v) is 10.6. The van der Waals surface area contributed by atoms with Crippen LogP contribution in [0.3, 0.4) is 0 Å². The molecular weight excluding hydrogens is 451 g/mol. The molecule has 0 bridgehead atoms. The van der Waals surface area contributed by atoms with Crippen LogP contribution in [0.5, 0.6) is 11.5 Å². The van der Waals surface area contributed by atoms with E-state index >= 15 is 0 Å². The Kier molecular flexibility index (Phi) is 8.51. The van der Waals surface area contributed by atoms with E-state index < -0.39 is 23.5 Å².